The minimum atomic E-state index is -3.56. The molecule has 0 spiro atoms. The van der Waals surface area contributed by atoms with Gasteiger partial charge in [-0.05, 0) is 29.8 Å². The molecule has 0 radical (unpaired) electrons. The Hall–Kier alpha value is -0.870. The number of thioether (sulfide) groups is 1. The topological polar surface area (TPSA) is 66.5 Å². The molecule has 134 valence electrons. The van der Waals surface area contributed by atoms with Gasteiger partial charge in [0.1, 0.15) is 4.21 Å². The Morgan fingerprint density at radius 1 is 1.28 bits per heavy atom. The second-order valence-corrected chi connectivity index (χ2v) is 10.9. The van der Waals surface area contributed by atoms with E-state index in [4.69, 9.17) is 0 Å². The molecule has 1 unspecified atom stereocenters. The van der Waals surface area contributed by atoms with Crippen LogP contribution in [0.1, 0.15) is 22.7 Å². The summed E-state index contributed by atoms with van der Waals surface area (Å²) in [7, 11) is -3.56. The average Bonchev–Trinajstić information content (AvgIpc) is 3.23. The van der Waals surface area contributed by atoms with E-state index in [9.17, 15) is 13.2 Å². The number of carbonyl (C=O) groups is 1. The van der Waals surface area contributed by atoms with Crippen molar-refractivity contribution in [2.75, 3.05) is 12.3 Å². The summed E-state index contributed by atoms with van der Waals surface area (Å²) in [4.78, 5) is 11.8. The third-order valence-electron chi connectivity index (χ3n) is 3.72. The van der Waals surface area contributed by atoms with Gasteiger partial charge in [0.15, 0.2) is 0 Å². The zero-order valence-corrected chi connectivity index (χ0v) is 17.5. The fraction of sp³-hybridized carbons (Fsp3) is 0.312. The van der Waals surface area contributed by atoms with Crippen LogP contribution < -0.4 is 5.32 Å². The number of halogens is 1. The van der Waals surface area contributed by atoms with Crippen LogP contribution in [0.4, 0.5) is 0 Å². The van der Waals surface area contributed by atoms with Crippen molar-refractivity contribution >= 4 is 55.0 Å². The van der Waals surface area contributed by atoms with Crippen molar-refractivity contribution in [1.29, 1.82) is 0 Å². The first-order valence-corrected chi connectivity index (χ1v) is 11.7. The summed E-state index contributed by atoms with van der Waals surface area (Å²) in [5.74, 6) is 0.633. The number of nitrogens with one attached hydrogen (secondary N) is 1. The molecule has 1 amide bonds. The Bertz CT molecular complexity index is 865. The van der Waals surface area contributed by atoms with E-state index in [-0.39, 0.29) is 11.3 Å². The van der Waals surface area contributed by atoms with Gasteiger partial charge in [-0.2, -0.15) is 4.31 Å². The van der Waals surface area contributed by atoms with E-state index >= 15 is 0 Å². The van der Waals surface area contributed by atoms with Gasteiger partial charge in [-0.1, -0.05) is 28.1 Å². The molecule has 2 heterocycles. The predicted molar refractivity (Wildman–Crippen MR) is 105 cm³/mol. The minimum Gasteiger partial charge on any atom is -0.351 e. The highest BCUT2D eigenvalue weighted by Gasteiger charge is 2.37. The van der Waals surface area contributed by atoms with Crippen molar-refractivity contribution < 1.29 is 13.2 Å². The lowest BCUT2D eigenvalue weighted by molar-refractivity contribution is -0.119. The van der Waals surface area contributed by atoms with E-state index < -0.39 is 10.0 Å². The SMILES string of the molecule is CC(=O)NCc1ccc(S(=O)(=O)N2CCSC2c2ccc(Br)cc2)s1. The molecule has 1 N–H and O–H groups in total. The first-order valence-electron chi connectivity index (χ1n) is 7.60. The molecule has 9 heteroatoms. The molecule has 0 saturated carbocycles. The maximum atomic E-state index is 13.1. The highest BCUT2D eigenvalue weighted by Crippen LogP contribution is 2.42. The number of nitrogens with zero attached hydrogens (tertiary/aromatic N) is 1. The van der Waals surface area contributed by atoms with Gasteiger partial charge in [-0.25, -0.2) is 8.42 Å². The van der Waals surface area contributed by atoms with Crippen LogP contribution in [-0.4, -0.2) is 30.9 Å². The van der Waals surface area contributed by atoms with Gasteiger partial charge in [0.25, 0.3) is 10.0 Å². The van der Waals surface area contributed by atoms with E-state index in [1.807, 2.05) is 24.3 Å². The molecular formula is C16H17BrN2O3S3. The van der Waals surface area contributed by atoms with Crippen molar-refractivity contribution in [2.24, 2.45) is 0 Å². The first kappa shape index (κ1) is 18.9. The molecule has 1 saturated heterocycles. The Balaban J connectivity index is 1.83. The number of sulfonamides is 1. The molecule has 1 atom stereocenters. The molecule has 3 rings (SSSR count). The van der Waals surface area contributed by atoms with Crippen molar-refractivity contribution in [1.82, 2.24) is 9.62 Å². The third kappa shape index (κ3) is 4.28. The summed E-state index contributed by atoms with van der Waals surface area (Å²) in [6.07, 6.45) is 0. The van der Waals surface area contributed by atoms with E-state index in [0.29, 0.717) is 17.3 Å². The van der Waals surface area contributed by atoms with Crippen molar-refractivity contribution in [3.8, 4) is 0 Å². The first-order chi connectivity index (χ1) is 11.9. The van der Waals surface area contributed by atoms with Gasteiger partial charge >= 0.3 is 0 Å². The van der Waals surface area contributed by atoms with Gasteiger partial charge in [-0.3, -0.25) is 4.79 Å². The number of hydrogen-bond donors (Lipinski definition) is 1. The minimum absolute atomic E-state index is 0.135. The molecule has 25 heavy (non-hydrogen) atoms. The van der Waals surface area contributed by atoms with Crippen LogP contribution in [0.5, 0.6) is 0 Å². The number of rotatable bonds is 5. The molecule has 1 fully saturated rings. The van der Waals surface area contributed by atoms with Crippen molar-refractivity contribution in [3.05, 3.63) is 51.3 Å². The van der Waals surface area contributed by atoms with Crippen LogP contribution in [-0.2, 0) is 21.4 Å². The summed E-state index contributed by atoms with van der Waals surface area (Å²) in [6.45, 7) is 2.28. The van der Waals surface area contributed by atoms with E-state index in [0.717, 1.165) is 20.7 Å². The maximum Gasteiger partial charge on any atom is 0.253 e. The lowest BCUT2D eigenvalue weighted by Crippen LogP contribution is -2.30. The summed E-state index contributed by atoms with van der Waals surface area (Å²) in [5, 5.41) is 2.48. The molecule has 1 aromatic heterocycles. The number of thiophene rings is 1. The second-order valence-electron chi connectivity index (χ2n) is 5.52. The summed E-state index contributed by atoms with van der Waals surface area (Å²) >= 11 is 6.24. The van der Waals surface area contributed by atoms with Crippen LogP contribution in [0.15, 0.2) is 45.1 Å². The predicted octanol–water partition coefficient (Wildman–Crippen LogP) is 3.58. The molecule has 1 aliphatic rings. The van der Waals surface area contributed by atoms with Crippen LogP contribution in [0.2, 0.25) is 0 Å². The number of carbonyl (C=O) groups excluding carboxylic acids is 1. The van der Waals surface area contributed by atoms with E-state index in [2.05, 4.69) is 21.2 Å². The summed E-state index contributed by atoms with van der Waals surface area (Å²) < 4.78 is 29.0. The van der Waals surface area contributed by atoms with Gasteiger partial charge in [0.05, 0.1) is 11.9 Å². The molecule has 1 aliphatic heterocycles. The Kier molecular flexibility index (Phi) is 5.89. The fourth-order valence-corrected chi connectivity index (χ4v) is 7.44. The molecule has 5 nitrogen and oxygen atoms in total. The molecule has 2 aromatic rings. The van der Waals surface area contributed by atoms with Crippen molar-refractivity contribution in [3.63, 3.8) is 0 Å². The Labute approximate surface area is 164 Å². The van der Waals surface area contributed by atoms with Crippen LogP contribution in [0.3, 0.4) is 0 Å². The van der Waals surface area contributed by atoms with Crippen LogP contribution in [0.25, 0.3) is 0 Å². The zero-order valence-electron chi connectivity index (χ0n) is 13.4. The van der Waals surface area contributed by atoms with Gasteiger partial charge < -0.3 is 5.32 Å². The van der Waals surface area contributed by atoms with Gasteiger partial charge in [-0.15, -0.1) is 23.1 Å². The fourth-order valence-electron chi connectivity index (χ4n) is 2.51. The van der Waals surface area contributed by atoms with Crippen LogP contribution in [0, 0.1) is 0 Å². The van der Waals surface area contributed by atoms with E-state index in [1.54, 1.807) is 28.2 Å². The molecule has 1 aromatic carbocycles. The number of benzene rings is 1. The normalized spacial score (nSPS) is 18.4. The lowest BCUT2D eigenvalue weighted by Gasteiger charge is -2.22. The number of amides is 1. The quantitative estimate of drug-likeness (QED) is 0.739. The average molecular weight is 461 g/mol. The smallest absolute Gasteiger partial charge is 0.253 e. The Morgan fingerprint density at radius 2 is 2.00 bits per heavy atom. The second kappa shape index (κ2) is 7.79. The molecule has 0 aliphatic carbocycles. The summed E-state index contributed by atoms with van der Waals surface area (Å²) in [5.41, 5.74) is 0.976. The molecule has 0 bridgehead atoms. The maximum absolute atomic E-state index is 13.1. The Morgan fingerprint density at radius 3 is 2.68 bits per heavy atom. The third-order valence-corrected chi connectivity index (χ3v) is 9.06. The zero-order chi connectivity index (χ0) is 18.0. The highest BCUT2D eigenvalue weighted by atomic mass is 79.9. The standard InChI is InChI=1S/C16H17BrN2O3S3/c1-11(20)18-10-14-6-7-15(24-14)25(21,22)19-8-9-23-16(19)12-2-4-13(17)5-3-12/h2-7,16H,8-10H2,1H3,(H,18,20). The lowest BCUT2D eigenvalue weighted by atomic mass is 10.2. The monoisotopic (exact) mass is 460 g/mol. The van der Waals surface area contributed by atoms with Gasteiger partial charge in [0, 0.05) is 28.6 Å². The molecular weight excluding hydrogens is 444 g/mol. The highest BCUT2D eigenvalue weighted by molar-refractivity contribution is 9.10. The van der Waals surface area contributed by atoms with E-state index in [1.165, 1.54) is 18.3 Å². The van der Waals surface area contributed by atoms with Crippen molar-refractivity contribution in [2.45, 2.75) is 23.1 Å². The van der Waals surface area contributed by atoms with Gasteiger partial charge in [0.2, 0.25) is 5.91 Å². The largest absolute Gasteiger partial charge is 0.351 e. The summed E-state index contributed by atoms with van der Waals surface area (Å²) in [6, 6.07) is 11.1. The number of hydrogen-bond acceptors (Lipinski definition) is 5. The van der Waals surface area contributed by atoms with Crippen LogP contribution >= 0.6 is 39.0 Å².